The van der Waals surface area contributed by atoms with E-state index >= 15 is 0 Å². The highest BCUT2D eigenvalue weighted by molar-refractivity contribution is 8.00. The molecule has 376 valence electrons. The number of nitrogens with one attached hydrogen (secondary N) is 2. The van der Waals surface area contributed by atoms with Crippen molar-refractivity contribution in [2.24, 2.45) is 5.16 Å². The zero-order valence-corrected chi connectivity index (χ0v) is 43.0. The van der Waals surface area contributed by atoms with E-state index in [0.29, 0.717) is 42.8 Å². The number of β-lactam (4-membered cyclic amide) rings is 1. The summed E-state index contributed by atoms with van der Waals surface area (Å²) in [5.41, 5.74) is -0.680. The molecule has 1 saturated heterocycles. The number of carbonyl (C=O) groups is 6. The largest absolute Gasteiger partial charge is 0.540 e. The highest BCUT2D eigenvalue weighted by Crippen LogP contribution is 2.42. The van der Waals surface area contributed by atoms with Gasteiger partial charge in [0.2, 0.25) is 11.1 Å². The van der Waals surface area contributed by atoms with Crippen LogP contribution in [0.5, 0.6) is 5.75 Å². The molecule has 1 saturated carbocycles. The van der Waals surface area contributed by atoms with Crippen LogP contribution in [0.15, 0.2) is 71.3 Å². The second-order valence-electron chi connectivity index (χ2n) is 19.0. The number of fused-ring (bicyclic) bond motifs is 2. The molecule has 71 heavy (non-hydrogen) atoms. The molecule has 24 heteroatoms. The smallest absolute Gasteiger partial charge is 0.413 e. The van der Waals surface area contributed by atoms with Gasteiger partial charge in [-0.1, -0.05) is 40.2 Å². The van der Waals surface area contributed by atoms with Crippen LogP contribution in [0.4, 0.5) is 14.7 Å². The van der Waals surface area contributed by atoms with Crippen LogP contribution >= 0.6 is 34.7 Å². The number of hydrogen-bond donors (Lipinski definition) is 2. The molecular formula is C47H55BClN8O12S2+. The van der Waals surface area contributed by atoms with E-state index in [2.05, 4.69) is 30.0 Å². The number of aromatic nitrogens is 3. The molecule has 1 aromatic carbocycles. The summed E-state index contributed by atoms with van der Waals surface area (Å²) in [5.74, 6) is -2.34. The molecule has 1 aliphatic carbocycles. The standard InChI is InChI=1S/C47H54BClN8O12S2/c1-45(2,3)66-43(62)52-42-51-32(36(49)71-42)33(53-69-47(18-10-19-47)41(61)68-48)37(58)50-34-38(59)57-35(40(60)65-25-27-13-15-29(64-8)16-14-27)28(26-70-39(34)57)24-56-21-9-12-30-31(56)17-23-55(30)22-11-20-54(7)44(63)67-46(4,5)6/h9,12-17,21,23,34,39H,10-11,18-20,22,24-26H2,1-8H3,(H-,50,51,52,58,62)/p+1. The summed E-state index contributed by atoms with van der Waals surface area (Å²) in [6.45, 7) is 11.7. The van der Waals surface area contributed by atoms with Crippen molar-refractivity contribution in [1.29, 1.82) is 0 Å². The molecule has 2 fully saturated rings. The Hall–Kier alpha value is -6.33. The molecule has 2 aliphatic heterocycles. The molecule has 2 radical (unpaired) electrons. The van der Waals surface area contributed by atoms with Gasteiger partial charge in [-0.15, -0.1) is 11.8 Å². The third-order valence-corrected chi connectivity index (χ3v) is 13.9. The minimum atomic E-state index is -1.59. The Kier molecular flexibility index (Phi) is 16.0. The van der Waals surface area contributed by atoms with Gasteiger partial charge in [0.05, 0.1) is 7.11 Å². The van der Waals surface area contributed by atoms with Gasteiger partial charge in [-0.3, -0.25) is 19.8 Å². The number of aryl methyl sites for hydroxylation is 1. The van der Waals surface area contributed by atoms with Crippen molar-refractivity contribution >= 4 is 101 Å². The molecule has 7 rings (SSSR count). The van der Waals surface area contributed by atoms with Crippen LogP contribution in [0.25, 0.3) is 11.0 Å². The van der Waals surface area contributed by atoms with E-state index < -0.39 is 69.9 Å². The Balaban J connectivity index is 1.14. The summed E-state index contributed by atoms with van der Waals surface area (Å²) in [7, 11) is 8.45. The first-order valence-corrected chi connectivity index (χ1v) is 24.9. The van der Waals surface area contributed by atoms with Gasteiger partial charge in [-0.25, -0.2) is 24.2 Å². The molecule has 20 nitrogen and oxygen atoms in total. The first-order chi connectivity index (χ1) is 33.6. The topological polar surface area (TPSA) is 222 Å². The first kappa shape index (κ1) is 52.5. The lowest BCUT2D eigenvalue weighted by Gasteiger charge is -2.49. The predicted molar refractivity (Wildman–Crippen MR) is 263 cm³/mol. The number of oxime groups is 1. The fourth-order valence-electron chi connectivity index (χ4n) is 7.76. The maximum Gasteiger partial charge on any atom is 0.413 e. The Morgan fingerprint density at radius 1 is 1.04 bits per heavy atom. The summed E-state index contributed by atoms with van der Waals surface area (Å²) < 4.78 is 30.4. The fourth-order valence-corrected chi connectivity index (χ4v) is 10.1. The molecule has 4 amide bonds. The zero-order chi connectivity index (χ0) is 51.4. The molecule has 0 bridgehead atoms. The number of hydrogen-bond acceptors (Lipinski definition) is 16. The highest BCUT2D eigenvalue weighted by atomic mass is 35.5. The third-order valence-electron chi connectivity index (χ3n) is 11.4. The lowest BCUT2D eigenvalue weighted by Crippen LogP contribution is -2.71. The lowest BCUT2D eigenvalue weighted by molar-refractivity contribution is -0.663. The third kappa shape index (κ3) is 12.2. The summed E-state index contributed by atoms with van der Waals surface area (Å²) in [6, 6.07) is 11.7. The van der Waals surface area contributed by atoms with Gasteiger partial charge >= 0.3 is 32.2 Å². The van der Waals surface area contributed by atoms with Gasteiger partial charge in [-0.05, 0) is 78.1 Å². The molecule has 5 heterocycles. The van der Waals surface area contributed by atoms with Crippen LogP contribution in [-0.2, 0) is 62.6 Å². The van der Waals surface area contributed by atoms with Gasteiger partial charge < -0.3 is 43.2 Å². The van der Waals surface area contributed by atoms with Crippen LogP contribution in [0, 0.1) is 0 Å². The number of pyridine rings is 1. The second-order valence-corrected chi connectivity index (χ2v) is 21.7. The van der Waals surface area contributed by atoms with Crippen LogP contribution in [0.1, 0.15) is 78.5 Å². The monoisotopic (exact) mass is 1030 g/mol. The predicted octanol–water partition coefficient (Wildman–Crippen LogP) is 6.02. The maximum absolute atomic E-state index is 14.4. The highest BCUT2D eigenvalue weighted by Gasteiger charge is 2.55. The van der Waals surface area contributed by atoms with Crippen LogP contribution in [0.3, 0.4) is 0 Å². The van der Waals surface area contributed by atoms with Crippen molar-refractivity contribution in [2.45, 2.75) is 115 Å². The normalized spacial score (nSPS) is 17.6. The Bertz CT molecular complexity index is 2760. The number of thioether (sulfide) groups is 1. The SMILES string of the molecule is [B]OC(=O)C1(ON=C(C(=O)NC2C(=O)N3C(C(=O)OCc4ccc(OC)cc4)=C(C[n+]4cccc5c4ccn5CCCN(C)C(=O)OC(C)(C)C)CSC23)c2nc(NC(=O)OC(C)(C)C)sc2Cl)CCC1. The number of anilines is 1. The number of ether oxygens (including phenoxy) is 4. The zero-order valence-electron chi connectivity index (χ0n) is 40.6. The van der Waals surface area contributed by atoms with Crippen LogP contribution in [0.2, 0.25) is 4.34 Å². The van der Waals surface area contributed by atoms with E-state index in [-0.39, 0.29) is 52.6 Å². The molecule has 2 unspecified atom stereocenters. The molecule has 0 spiro atoms. The number of rotatable bonds is 17. The molecule has 3 aliphatic rings. The van der Waals surface area contributed by atoms with Gasteiger partial charge in [0.15, 0.2) is 23.6 Å². The van der Waals surface area contributed by atoms with E-state index in [4.69, 9.17) is 43.4 Å². The van der Waals surface area contributed by atoms with Crippen LogP contribution in [-0.4, -0.2) is 124 Å². The van der Waals surface area contributed by atoms with E-state index in [1.54, 1.807) is 64.1 Å². The number of thiazole rings is 1. The summed E-state index contributed by atoms with van der Waals surface area (Å²) in [5, 5.41) is 8.44. The average Bonchev–Trinajstić information content (AvgIpc) is 3.88. The number of carbonyl (C=O) groups excluding carboxylic acids is 6. The maximum atomic E-state index is 14.4. The molecule has 3 aromatic heterocycles. The number of halogens is 1. The Labute approximate surface area is 424 Å². The van der Waals surface area contributed by atoms with Gasteiger partial charge in [0.1, 0.15) is 56.2 Å². The van der Waals surface area contributed by atoms with Gasteiger partial charge in [0.25, 0.3) is 11.8 Å². The van der Waals surface area contributed by atoms with E-state index in [9.17, 15) is 28.8 Å². The molecule has 2 atom stereocenters. The quantitative estimate of drug-likeness (QED) is 0.0235. The van der Waals surface area contributed by atoms with E-state index in [0.717, 1.165) is 22.4 Å². The fraction of sp³-hybridized carbons (Fsp3) is 0.468. The number of nitrogens with zero attached hydrogens (tertiary/aromatic N) is 6. The summed E-state index contributed by atoms with van der Waals surface area (Å²) in [4.78, 5) is 93.8. The summed E-state index contributed by atoms with van der Waals surface area (Å²) >= 11 is 8.74. The number of esters is 1. The van der Waals surface area contributed by atoms with Gasteiger partial charge in [-0.2, -0.15) is 4.57 Å². The number of benzene rings is 1. The van der Waals surface area contributed by atoms with Crippen molar-refractivity contribution < 1.29 is 61.8 Å². The summed E-state index contributed by atoms with van der Waals surface area (Å²) in [6.07, 6.45) is 4.22. The van der Waals surface area contributed by atoms with E-state index in [1.165, 1.54) is 16.7 Å². The Morgan fingerprint density at radius 3 is 2.41 bits per heavy atom. The second kappa shape index (κ2) is 21.6. The van der Waals surface area contributed by atoms with Crippen LogP contribution < -0.4 is 19.9 Å². The first-order valence-electron chi connectivity index (χ1n) is 22.6. The van der Waals surface area contributed by atoms with Crippen molar-refractivity contribution in [3.63, 3.8) is 0 Å². The van der Waals surface area contributed by atoms with Crippen molar-refractivity contribution in [3.8, 4) is 5.75 Å². The molecule has 2 N–H and O–H groups in total. The van der Waals surface area contributed by atoms with Crippen molar-refractivity contribution in [2.75, 3.05) is 31.8 Å². The van der Waals surface area contributed by atoms with Crippen molar-refractivity contribution in [1.82, 2.24) is 24.7 Å². The minimum absolute atomic E-state index is 0.0386. The minimum Gasteiger partial charge on any atom is -0.540 e. The van der Waals surface area contributed by atoms with Gasteiger partial charge in [0, 0.05) is 62.6 Å². The Morgan fingerprint density at radius 2 is 1.76 bits per heavy atom. The number of amides is 4. The molecule has 4 aromatic rings. The van der Waals surface area contributed by atoms with Crippen molar-refractivity contribution in [3.05, 3.63) is 81.7 Å². The average molecular weight is 1030 g/mol. The molecular weight excluding hydrogens is 979 g/mol. The van der Waals surface area contributed by atoms with E-state index in [1.807, 2.05) is 55.9 Å². The number of methoxy groups -OCH3 is 1. The lowest BCUT2D eigenvalue weighted by atomic mass is 9.80.